The molecule has 34 heavy (non-hydrogen) atoms. The lowest BCUT2D eigenvalue weighted by Crippen LogP contribution is -2.20. The standard InChI is InChI=1S/C24H20F3N3O4/c1-33-21-12-16(10-11-20(21)34-15-22(31)29-19-8-3-2-4-9-19)14-28-30-23(32)17-6-5-7-18(13-17)24(25,26)27/h2-14H,15H2,1H3,(H,29,31)(H,30,32)/b28-14-. The highest BCUT2D eigenvalue weighted by Gasteiger charge is 2.30. The summed E-state index contributed by atoms with van der Waals surface area (Å²) in [5, 5.41) is 6.47. The molecule has 2 N–H and O–H groups in total. The highest BCUT2D eigenvalue weighted by Crippen LogP contribution is 2.29. The van der Waals surface area contributed by atoms with E-state index in [1.165, 1.54) is 19.4 Å². The van der Waals surface area contributed by atoms with Gasteiger partial charge in [0.05, 0.1) is 18.9 Å². The number of alkyl halides is 3. The van der Waals surface area contributed by atoms with Gasteiger partial charge in [0, 0.05) is 11.3 Å². The number of methoxy groups -OCH3 is 1. The third-order valence-corrected chi connectivity index (χ3v) is 4.44. The smallest absolute Gasteiger partial charge is 0.416 e. The van der Waals surface area contributed by atoms with Gasteiger partial charge in [0.15, 0.2) is 18.1 Å². The summed E-state index contributed by atoms with van der Waals surface area (Å²) < 4.78 is 49.2. The van der Waals surface area contributed by atoms with Crippen LogP contribution >= 0.6 is 0 Å². The number of ether oxygens (including phenoxy) is 2. The van der Waals surface area contributed by atoms with Gasteiger partial charge in [-0.3, -0.25) is 9.59 Å². The fourth-order valence-electron chi connectivity index (χ4n) is 2.81. The van der Waals surface area contributed by atoms with Gasteiger partial charge in [0.2, 0.25) is 0 Å². The molecule has 10 heteroatoms. The van der Waals surface area contributed by atoms with Gasteiger partial charge in [-0.1, -0.05) is 24.3 Å². The van der Waals surface area contributed by atoms with Crippen LogP contribution in [-0.4, -0.2) is 31.7 Å². The molecule has 176 valence electrons. The van der Waals surface area contributed by atoms with E-state index in [1.807, 2.05) is 6.07 Å². The topological polar surface area (TPSA) is 89.0 Å². The van der Waals surface area contributed by atoms with Crippen LogP contribution in [0.4, 0.5) is 18.9 Å². The van der Waals surface area contributed by atoms with E-state index in [2.05, 4.69) is 15.8 Å². The lowest BCUT2D eigenvalue weighted by atomic mass is 10.1. The first-order valence-electron chi connectivity index (χ1n) is 9.92. The van der Waals surface area contributed by atoms with Crippen LogP contribution in [-0.2, 0) is 11.0 Å². The molecule has 0 heterocycles. The first-order valence-corrected chi connectivity index (χ1v) is 9.92. The number of para-hydroxylation sites is 1. The Morgan fingerprint density at radius 3 is 2.44 bits per heavy atom. The zero-order valence-corrected chi connectivity index (χ0v) is 17.9. The molecule has 0 aliphatic rings. The summed E-state index contributed by atoms with van der Waals surface area (Å²) in [5.41, 5.74) is 2.23. The first kappa shape index (κ1) is 24.3. The molecule has 0 aliphatic heterocycles. The molecule has 3 aromatic carbocycles. The van der Waals surface area contributed by atoms with Crippen LogP contribution < -0.4 is 20.2 Å². The van der Waals surface area contributed by atoms with E-state index in [0.29, 0.717) is 22.7 Å². The SMILES string of the molecule is COc1cc(/C=N\NC(=O)c2cccc(C(F)(F)F)c2)ccc1OCC(=O)Nc1ccccc1. The van der Waals surface area contributed by atoms with Gasteiger partial charge in [-0.25, -0.2) is 5.43 Å². The summed E-state index contributed by atoms with van der Waals surface area (Å²) in [6, 6.07) is 17.7. The van der Waals surface area contributed by atoms with Crippen LogP contribution in [0.15, 0.2) is 77.9 Å². The highest BCUT2D eigenvalue weighted by molar-refractivity contribution is 5.95. The molecule has 0 fully saturated rings. The molecule has 0 bridgehead atoms. The molecule has 2 amide bonds. The van der Waals surface area contributed by atoms with E-state index in [-0.39, 0.29) is 18.1 Å². The summed E-state index contributed by atoms with van der Waals surface area (Å²) in [5.74, 6) is -0.508. The Morgan fingerprint density at radius 1 is 0.971 bits per heavy atom. The number of hydrazone groups is 1. The van der Waals surface area contributed by atoms with E-state index >= 15 is 0 Å². The second-order valence-corrected chi connectivity index (χ2v) is 6.89. The Bertz CT molecular complexity index is 1180. The Kier molecular flexibility index (Phi) is 7.86. The maximum Gasteiger partial charge on any atom is 0.416 e. The van der Waals surface area contributed by atoms with Crippen molar-refractivity contribution in [3.8, 4) is 11.5 Å². The number of amides is 2. The van der Waals surface area contributed by atoms with Gasteiger partial charge in [0.1, 0.15) is 0 Å². The van der Waals surface area contributed by atoms with Crippen molar-refractivity contribution in [1.29, 1.82) is 0 Å². The summed E-state index contributed by atoms with van der Waals surface area (Å²) in [4.78, 5) is 24.1. The Morgan fingerprint density at radius 2 is 1.74 bits per heavy atom. The number of carbonyl (C=O) groups is 2. The number of rotatable bonds is 8. The maximum atomic E-state index is 12.8. The molecule has 0 aromatic heterocycles. The van der Waals surface area contributed by atoms with E-state index in [1.54, 1.807) is 42.5 Å². The Balaban J connectivity index is 1.58. The van der Waals surface area contributed by atoms with Gasteiger partial charge in [-0.2, -0.15) is 18.3 Å². The summed E-state index contributed by atoms with van der Waals surface area (Å²) in [7, 11) is 1.42. The van der Waals surface area contributed by atoms with Crippen LogP contribution in [0, 0.1) is 0 Å². The molecule has 0 radical (unpaired) electrons. The van der Waals surface area contributed by atoms with Crippen molar-refractivity contribution in [3.05, 3.63) is 89.5 Å². The first-order chi connectivity index (χ1) is 16.3. The van der Waals surface area contributed by atoms with Crippen LogP contribution in [0.3, 0.4) is 0 Å². The monoisotopic (exact) mass is 471 g/mol. The lowest BCUT2D eigenvalue weighted by molar-refractivity contribution is -0.137. The van der Waals surface area contributed by atoms with Crippen molar-refractivity contribution in [2.24, 2.45) is 5.10 Å². The average molecular weight is 471 g/mol. The molecule has 0 spiro atoms. The minimum atomic E-state index is -4.55. The van der Waals surface area contributed by atoms with Crippen molar-refractivity contribution in [2.45, 2.75) is 6.18 Å². The fraction of sp³-hybridized carbons (Fsp3) is 0.125. The second-order valence-electron chi connectivity index (χ2n) is 6.89. The van der Waals surface area contributed by atoms with Gasteiger partial charge in [-0.05, 0) is 54.1 Å². The van der Waals surface area contributed by atoms with Crippen LogP contribution in [0.2, 0.25) is 0 Å². The Hall–Kier alpha value is -4.34. The van der Waals surface area contributed by atoms with Gasteiger partial charge < -0.3 is 14.8 Å². The van der Waals surface area contributed by atoms with E-state index in [9.17, 15) is 22.8 Å². The molecule has 0 saturated heterocycles. The zero-order valence-electron chi connectivity index (χ0n) is 17.9. The molecular weight excluding hydrogens is 451 g/mol. The average Bonchev–Trinajstić information content (AvgIpc) is 2.83. The van der Waals surface area contributed by atoms with Crippen molar-refractivity contribution in [1.82, 2.24) is 5.43 Å². The largest absolute Gasteiger partial charge is 0.493 e. The normalized spacial score (nSPS) is 11.2. The molecule has 0 unspecified atom stereocenters. The molecule has 0 atom stereocenters. The van der Waals surface area contributed by atoms with Crippen molar-refractivity contribution < 1.29 is 32.2 Å². The lowest BCUT2D eigenvalue weighted by Gasteiger charge is -2.11. The zero-order chi connectivity index (χ0) is 24.6. The third-order valence-electron chi connectivity index (χ3n) is 4.44. The Labute approximate surface area is 193 Å². The maximum absolute atomic E-state index is 12.8. The number of hydrogen-bond donors (Lipinski definition) is 2. The minimum Gasteiger partial charge on any atom is -0.493 e. The van der Waals surface area contributed by atoms with Crippen molar-refractivity contribution in [3.63, 3.8) is 0 Å². The molecule has 0 saturated carbocycles. The van der Waals surface area contributed by atoms with E-state index < -0.39 is 17.6 Å². The predicted molar refractivity (Wildman–Crippen MR) is 120 cm³/mol. The van der Waals surface area contributed by atoms with E-state index in [4.69, 9.17) is 9.47 Å². The third kappa shape index (κ3) is 6.83. The highest BCUT2D eigenvalue weighted by atomic mass is 19.4. The predicted octanol–water partition coefficient (Wildman–Crippen LogP) is 4.50. The number of hydrogen-bond acceptors (Lipinski definition) is 5. The molecule has 3 aromatic rings. The quantitative estimate of drug-likeness (QED) is 0.374. The number of nitrogens with zero attached hydrogens (tertiary/aromatic N) is 1. The number of carbonyl (C=O) groups excluding carboxylic acids is 2. The van der Waals surface area contributed by atoms with Gasteiger partial charge in [0.25, 0.3) is 11.8 Å². The molecule has 3 rings (SSSR count). The van der Waals surface area contributed by atoms with Crippen LogP contribution in [0.25, 0.3) is 0 Å². The van der Waals surface area contributed by atoms with Gasteiger partial charge in [-0.15, -0.1) is 0 Å². The number of anilines is 1. The number of halogens is 3. The van der Waals surface area contributed by atoms with Gasteiger partial charge >= 0.3 is 6.18 Å². The summed E-state index contributed by atoms with van der Waals surface area (Å²) >= 11 is 0. The summed E-state index contributed by atoms with van der Waals surface area (Å²) in [6.07, 6.45) is -3.26. The van der Waals surface area contributed by atoms with E-state index in [0.717, 1.165) is 18.2 Å². The summed E-state index contributed by atoms with van der Waals surface area (Å²) in [6.45, 7) is -0.244. The van der Waals surface area contributed by atoms with Crippen LogP contribution in [0.5, 0.6) is 11.5 Å². The van der Waals surface area contributed by atoms with Crippen LogP contribution in [0.1, 0.15) is 21.5 Å². The second kappa shape index (κ2) is 11.0. The molecular formula is C24H20F3N3O4. The fourth-order valence-corrected chi connectivity index (χ4v) is 2.81. The van der Waals surface area contributed by atoms with Crippen molar-refractivity contribution >= 4 is 23.7 Å². The minimum absolute atomic E-state index is 0.179. The van der Waals surface area contributed by atoms with Crippen molar-refractivity contribution in [2.75, 3.05) is 19.0 Å². The molecule has 7 nitrogen and oxygen atoms in total. The molecule has 0 aliphatic carbocycles. The number of benzene rings is 3. The number of nitrogens with one attached hydrogen (secondary N) is 2.